The van der Waals surface area contributed by atoms with Gasteiger partial charge in [-0.3, -0.25) is 0 Å². The first-order chi connectivity index (χ1) is 8.69. The summed E-state index contributed by atoms with van der Waals surface area (Å²) in [5, 5.41) is 0. The van der Waals surface area contributed by atoms with Gasteiger partial charge in [0.25, 0.3) is 0 Å². The molecule has 0 fully saturated rings. The van der Waals surface area contributed by atoms with Crippen molar-refractivity contribution < 1.29 is 9.53 Å². The lowest BCUT2D eigenvalue weighted by Crippen LogP contribution is -2.10. The molecule has 0 saturated heterocycles. The Kier molecular flexibility index (Phi) is 4.04. The van der Waals surface area contributed by atoms with Crippen molar-refractivity contribution in [3.8, 4) is 0 Å². The Morgan fingerprint density at radius 1 is 1.67 bits per heavy atom. The maximum absolute atomic E-state index is 11.9. The highest BCUT2D eigenvalue weighted by Gasteiger charge is 2.25. The standard InChI is InChI=1S/C14H16ClNO2/c1-3-8-18-14(17)11-4-5-12-10(9(11)2)6-7-13(12)16-15/h3-5,13,16H,1,6-8H2,2H3/t13-/m0/s1. The molecule has 96 valence electrons. The van der Waals surface area contributed by atoms with Crippen LogP contribution in [0, 0.1) is 6.92 Å². The number of carbonyl (C=O) groups excluding carboxylic acids is 1. The van der Waals surface area contributed by atoms with E-state index in [9.17, 15) is 4.79 Å². The lowest BCUT2D eigenvalue weighted by molar-refractivity contribution is 0.0549. The summed E-state index contributed by atoms with van der Waals surface area (Å²) in [5.74, 6) is -0.294. The molecule has 1 aromatic carbocycles. The fourth-order valence-electron chi connectivity index (χ4n) is 2.43. The first-order valence-corrected chi connectivity index (χ1v) is 6.33. The summed E-state index contributed by atoms with van der Waals surface area (Å²) < 4.78 is 5.07. The Bertz CT molecular complexity index is 485. The number of carbonyl (C=O) groups is 1. The lowest BCUT2D eigenvalue weighted by atomic mass is 9.98. The summed E-state index contributed by atoms with van der Waals surface area (Å²) in [6, 6.07) is 3.95. The number of esters is 1. The molecule has 0 bridgehead atoms. The van der Waals surface area contributed by atoms with Crippen LogP contribution < -0.4 is 4.84 Å². The van der Waals surface area contributed by atoms with E-state index in [2.05, 4.69) is 11.4 Å². The van der Waals surface area contributed by atoms with E-state index in [-0.39, 0.29) is 18.6 Å². The van der Waals surface area contributed by atoms with Crippen LogP contribution in [-0.4, -0.2) is 12.6 Å². The molecule has 0 radical (unpaired) electrons. The van der Waals surface area contributed by atoms with Crippen molar-refractivity contribution in [3.05, 3.63) is 47.0 Å². The van der Waals surface area contributed by atoms with Crippen LogP contribution >= 0.6 is 11.8 Å². The molecule has 1 atom stereocenters. The van der Waals surface area contributed by atoms with Gasteiger partial charge in [-0.2, -0.15) is 0 Å². The fourth-order valence-corrected chi connectivity index (χ4v) is 2.65. The molecule has 18 heavy (non-hydrogen) atoms. The van der Waals surface area contributed by atoms with Gasteiger partial charge in [0.05, 0.1) is 5.56 Å². The zero-order valence-electron chi connectivity index (χ0n) is 10.3. The van der Waals surface area contributed by atoms with Gasteiger partial charge in [0, 0.05) is 6.04 Å². The van der Waals surface area contributed by atoms with Crippen LogP contribution in [0.15, 0.2) is 24.8 Å². The van der Waals surface area contributed by atoms with E-state index in [4.69, 9.17) is 16.5 Å². The largest absolute Gasteiger partial charge is 0.458 e. The monoisotopic (exact) mass is 265 g/mol. The van der Waals surface area contributed by atoms with Gasteiger partial charge in [0.2, 0.25) is 0 Å². The second-order valence-electron chi connectivity index (χ2n) is 4.39. The van der Waals surface area contributed by atoms with Crippen molar-refractivity contribution in [2.45, 2.75) is 25.8 Å². The van der Waals surface area contributed by atoms with Crippen molar-refractivity contribution >= 4 is 17.7 Å². The molecule has 0 aromatic heterocycles. The molecule has 0 aliphatic heterocycles. The topological polar surface area (TPSA) is 38.3 Å². The average molecular weight is 266 g/mol. The predicted octanol–water partition coefficient (Wildman–Crippen LogP) is 3.07. The third-order valence-corrected chi connectivity index (χ3v) is 3.64. The molecule has 0 spiro atoms. The Morgan fingerprint density at radius 3 is 3.11 bits per heavy atom. The van der Waals surface area contributed by atoms with Gasteiger partial charge in [-0.25, -0.2) is 9.63 Å². The molecule has 1 aliphatic carbocycles. The number of hydrogen-bond donors (Lipinski definition) is 1. The van der Waals surface area contributed by atoms with E-state index in [1.807, 2.05) is 19.1 Å². The number of ether oxygens (including phenoxy) is 1. The highest BCUT2D eigenvalue weighted by atomic mass is 35.5. The van der Waals surface area contributed by atoms with Crippen molar-refractivity contribution in [3.63, 3.8) is 0 Å². The summed E-state index contributed by atoms with van der Waals surface area (Å²) in [6.07, 6.45) is 3.47. The molecule has 4 heteroatoms. The smallest absolute Gasteiger partial charge is 0.338 e. The number of benzene rings is 1. The molecular formula is C14H16ClNO2. The predicted molar refractivity (Wildman–Crippen MR) is 71.7 cm³/mol. The SMILES string of the molecule is C=CCOC(=O)c1ccc2c(c1C)CC[C@@H]2NCl. The van der Waals surface area contributed by atoms with Gasteiger partial charge in [-0.05, 0) is 54.3 Å². The molecule has 0 saturated carbocycles. The van der Waals surface area contributed by atoms with Gasteiger partial charge in [-0.15, -0.1) is 0 Å². The highest BCUT2D eigenvalue weighted by molar-refractivity contribution is 6.13. The van der Waals surface area contributed by atoms with E-state index in [0.29, 0.717) is 5.56 Å². The van der Waals surface area contributed by atoms with Crippen LogP contribution in [0.5, 0.6) is 0 Å². The molecule has 0 heterocycles. The first-order valence-electron chi connectivity index (χ1n) is 5.95. The van der Waals surface area contributed by atoms with Gasteiger partial charge in [0.1, 0.15) is 6.61 Å². The number of nitrogens with one attached hydrogen (secondary N) is 1. The lowest BCUT2D eigenvalue weighted by Gasteiger charge is -2.12. The number of rotatable bonds is 4. The summed E-state index contributed by atoms with van der Waals surface area (Å²) in [6.45, 7) is 5.72. The van der Waals surface area contributed by atoms with E-state index in [0.717, 1.165) is 18.4 Å². The maximum atomic E-state index is 11.9. The maximum Gasteiger partial charge on any atom is 0.338 e. The van der Waals surface area contributed by atoms with Crippen molar-refractivity contribution in [1.82, 2.24) is 4.84 Å². The van der Waals surface area contributed by atoms with Crippen molar-refractivity contribution in [2.75, 3.05) is 6.61 Å². The number of halogens is 1. The van der Waals surface area contributed by atoms with Crippen LogP contribution in [0.25, 0.3) is 0 Å². The molecule has 0 amide bonds. The Hall–Kier alpha value is -1.32. The molecular weight excluding hydrogens is 250 g/mol. The van der Waals surface area contributed by atoms with Gasteiger partial charge >= 0.3 is 5.97 Å². The quantitative estimate of drug-likeness (QED) is 0.517. The number of fused-ring (bicyclic) bond motifs is 1. The first kappa shape index (κ1) is 13.1. The Balaban J connectivity index is 2.30. The summed E-state index contributed by atoms with van der Waals surface area (Å²) in [5.41, 5.74) is 4.02. The second-order valence-corrected chi connectivity index (χ2v) is 4.61. The van der Waals surface area contributed by atoms with E-state index in [1.165, 1.54) is 11.1 Å². The van der Waals surface area contributed by atoms with Crippen LogP contribution in [0.3, 0.4) is 0 Å². The Morgan fingerprint density at radius 2 is 2.44 bits per heavy atom. The molecule has 0 unspecified atom stereocenters. The highest BCUT2D eigenvalue weighted by Crippen LogP contribution is 2.34. The molecule has 1 aromatic rings. The Labute approximate surface area is 112 Å². The molecule has 1 aliphatic rings. The van der Waals surface area contributed by atoms with Crippen molar-refractivity contribution in [1.29, 1.82) is 0 Å². The van der Waals surface area contributed by atoms with Crippen molar-refractivity contribution in [2.24, 2.45) is 0 Å². The third-order valence-electron chi connectivity index (χ3n) is 3.38. The molecule has 2 rings (SSSR count). The fraction of sp³-hybridized carbons (Fsp3) is 0.357. The second kappa shape index (κ2) is 5.55. The molecule has 3 nitrogen and oxygen atoms in total. The summed E-state index contributed by atoms with van der Waals surface area (Å²) in [7, 11) is 0. The molecule has 1 N–H and O–H groups in total. The van der Waals surface area contributed by atoms with Gasteiger partial charge < -0.3 is 4.74 Å². The number of hydrogen-bond acceptors (Lipinski definition) is 3. The zero-order chi connectivity index (χ0) is 13.1. The zero-order valence-corrected chi connectivity index (χ0v) is 11.1. The van der Waals surface area contributed by atoms with Crippen LogP contribution in [0.1, 0.15) is 39.5 Å². The van der Waals surface area contributed by atoms with Gasteiger partial charge in [-0.1, -0.05) is 18.7 Å². The van der Waals surface area contributed by atoms with E-state index >= 15 is 0 Å². The third kappa shape index (κ3) is 2.28. The van der Waals surface area contributed by atoms with Crippen LogP contribution in [0.2, 0.25) is 0 Å². The summed E-state index contributed by atoms with van der Waals surface area (Å²) >= 11 is 5.71. The van der Waals surface area contributed by atoms with Gasteiger partial charge in [0.15, 0.2) is 0 Å². The minimum atomic E-state index is -0.294. The summed E-state index contributed by atoms with van der Waals surface area (Å²) in [4.78, 5) is 14.6. The van der Waals surface area contributed by atoms with E-state index < -0.39 is 0 Å². The normalized spacial score (nSPS) is 17.3. The van der Waals surface area contributed by atoms with Crippen LogP contribution in [-0.2, 0) is 11.2 Å². The minimum Gasteiger partial charge on any atom is -0.458 e. The average Bonchev–Trinajstić information content (AvgIpc) is 2.80. The van der Waals surface area contributed by atoms with Crippen LogP contribution in [0.4, 0.5) is 0 Å². The van der Waals surface area contributed by atoms with E-state index in [1.54, 1.807) is 6.08 Å². The minimum absolute atomic E-state index is 0.179.